The van der Waals surface area contributed by atoms with Crippen LogP contribution in [0.5, 0.6) is 0 Å². The van der Waals surface area contributed by atoms with Crippen LogP contribution in [0.3, 0.4) is 0 Å². The van der Waals surface area contributed by atoms with Gasteiger partial charge in [-0.05, 0) is 33.1 Å². The maximum absolute atomic E-state index is 9.16. The second-order valence-corrected chi connectivity index (χ2v) is 5.45. The van der Waals surface area contributed by atoms with Crippen LogP contribution in [-0.2, 0) is 4.74 Å². The number of rotatable bonds is 2. The van der Waals surface area contributed by atoms with E-state index in [9.17, 15) is 0 Å². The van der Waals surface area contributed by atoms with Gasteiger partial charge in [-0.25, -0.2) is 0 Å². The molecule has 1 saturated carbocycles. The lowest BCUT2D eigenvalue weighted by molar-refractivity contribution is 0.0787. The first-order chi connectivity index (χ1) is 7.65. The van der Waals surface area contributed by atoms with Gasteiger partial charge in [0.15, 0.2) is 0 Å². The van der Waals surface area contributed by atoms with Crippen LogP contribution in [0.25, 0.3) is 0 Å². The summed E-state index contributed by atoms with van der Waals surface area (Å²) in [5.74, 6) is 0.193. The van der Waals surface area contributed by atoms with Crippen LogP contribution in [0.4, 0.5) is 0 Å². The summed E-state index contributed by atoms with van der Waals surface area (Å²) in [4.78, 5) is 0. The van der Waals surface area contributed by atoms with Crippen molar-refractivity contribution >= 4 is 0 Å². The van der Waals surface area contributed by atoms with Crippen molar-refractivity contribution in [1.82, 2.24) is 5.32 Å². The summed E-state index contributed by atoms with van der Waals surface area (Å²) < 4.78 is 5.63. The number of nitriles is 1. The molecule has 90 valence electrons. The van der Waals surface area contributed by atoms with Crippen LogP contribution in [0.1, 0.15) is 46.0 Å². The van der Waals surface area contributed by atoms with Gasteiger partial charge in [0.1, 0.15) is 0 Å². The fraction of sp³-hybridized carbons (Fsp3) is 0.923. The van der Waals surface area contributed by atoms with Crippen LogP contribution in [-0.4, -0.2) is 24.3 Å². The Morgan fingerprint density at radius 3 is 2.75 bits per heavy atom. The molecule has 16 heavy (non-hydrogen) atoms. The zero-order valence-corrected chi connectivity index (χ0v) is 10.3. The van der Waals surface area contributed by atoms with E-state index in [1.807, 2.05) is 0 Å². The van der Waals surface area contributed by atoms with E-state index in [0.717, 1.165) is 25.9 Å². The summed E-state index contributed by atoms with van der Waals surface area (Å²) in [6.07, 6.45) is 5.97. The molecule has 0 aromatic rings. The lowest BCUT2D eigenvalue weighted by Crippen LogP contribution is -2.55. The first-order valence-corrected chi connectivity index (χ1v) is 6.44. The normalized spacial score (nSPS) is 44.2. The SMILES string of the molecule is CC1OCCC1(C)NC1CCCCC1C#N. The Kier molecular flexibility index (Phi) is 3.51. The maximum Gasteiger partial charge on any atom is 0.0726 e. The van der Waals surface area contributed by atoms with E-state index in [4.69, 9.17) is 10.00 Å². The highest BCUT2D eigenvalue weighted by Gasteiger charge is 2.40. The van der Waals surface area contributed by atoms with E-state index in [1.54, 1.807) is 0 Å². The standard InChI is InChI=1S/C13H22N2O/c1-10-13(2,7-8-16-10)15-12-6-4-3-5-11(12)9-14/h10-12,15H,3-8H2,1-2H3. The molecule has 0 amide bonds. The van der Waals surface area contributed by atoms with E-state index in [1.165, 1.54) is 12.8 Å². The molecule has 0 bridgehead atoms. The minimum absolute atomic E-state index is 0.0666. The molecule has 1 aliphatic heterocycles. The molecule has 2 rings (SSSR count). The van der Waals surface area contributed by atoms with Crippen molar-refractivity contribution in [3.8, 4) is 6.07 Å². The predicted octanol–water partition coefficient (Wildman–Crippen LogP) is 2.23. The van der Waals surface area contributed by atoms with Crippen LogP contribution >= 0.6 is 0 Å². The van der Waals surface area contributed by atoms with E-state index in [2.05, 4.69) is 25.2 Å². The van der Waals surface area contributed by atoms with Crippen molar-refractivity contribution < 1.29 is 4.74 Å². The van der Waals surface area contributed by atoms with Gasteiger partial charge in [0, 0.05) is 18.2 Å². The molecule has 1 heterocycles. The second-order valence-electron chi connectivity index (χ2n) is 5.45. The summed E-state index contributed by atoms with van der Waals surface area (Å²) in [7, 11) is 0. The molecule has 1 saturated heterocycles. The molecule has 3 heteroatoms. The smallest absolute Gasteiger partial charge is 0.0726 e. The highest BCUT2D eigenvalue weighted by atomic mass is 16.5. The average molecular weight is 222 g/mol. The minimum atomic E-state index is 0.0666. The monoisotopic (exact) mass is 222 g/mol. The lowest BCUT2D eigenvalue weighted by Gasteiger charge is -2.37. The Balaban J connectivity index is 2.00. The molecule has 0 radical (unpaired) electrons. The van der Waals surface area contributed by atoms with E-state index < -0.39 is 0 Å². The predicted molar refractivity (Wildman–Crippen MR) is 62.9 cm³/mol. The molecule has 2 aliphatic rings. The van der Waals surface area contributed by atoms with Crippen molar-refractivity contribution in [1.29, 1.82) is 5.26 Å². The Morgan fingerprint density at radius 1 is 1.38 bits per heavy atom. The number of ether oxygens (including phenoxy) is 1. The van der Waals surface area contributed by atoms with Crippen molar-refractivity contribution in [2.75, 3.05) is 6.61 Å². The van der Waals surface area contributed by atoms with Crippen molar-refractivity contribution in [3.63, 3.8) is 0 Å². The summed E-state index contributed by atoms with van der Waals surface area (Å²) >= 11 is 0. The topological polar surface area (TPSA) is 45.0 Å². The minimum Gasteiger partial charge on any atom is -0.377 e. The molecule has 1 aliphatic carbocycles. The third-order valence-corrected chi connectivity index (χ3v) is 4.33. The molecule has 0 aromatic carbocycles. The van der Waals surface area contributed by atoms with Gasteiger partial charge in [0.05, 0.1) is 18.1 Å². The summed E-state index contributed by atoms with van der Waals surface area (Å²) in [6, 6.07) is 2.83. The van der Waals surface area contributed by atoms with Crippen LogP contribution in [0.2, 0.25) is 0 Å². The molecule has 0 spiro atoms. The Labute approximate surface area is 98.2 Å². The van der Waals surface area contributed by atoms with Gasteiger partial charge in [-0.1, -0.05) is 12.8 Å². The van der Waals surface area contributed by atoms with Gasteiger partial charge in [0.2, 0.25) is 0 Å². The molecular weight excluding hydrogens is 200 g/mol. The zero-order chi connectivity index (χ0) is 11.6. The van der Waals surface area contributed by atoms with Gasteiger partial charge in [-0.2, -0.15) is 5.26 Å². The third kappa shape index (κ3) is 2.23. The summed E-state index contributed by atoms with van der Waals surface area (Å²) in [5.41, 5.74) is 0.0666. The maximum atomic E-state index is 9.16. The quantitative estimate of drug-likeness (QED) is 0.779. The molecule has 4 atom stereocenters. The average Bonchev–Trinajstić information content (AvgIpc) is 2.60. The summed E-state index contributed by atoms with van der Waals surface area (Å²) in [5, 5.41) is 12.9. The van der Waals surface area contributed by atoms with Gasteiger partial charge < -0.3 is 10.1 Å². The van der Waals surface area contributed by atoms with Gasteiger partial charge >= 0.3 is 0 Å². The lowest BCUT2D eigenvalue weighted by atomic mass is 9.82. The number of hydrogen-bond acceptors (Lipinski definition) is 3. The third-order valence-electron chi connectivity index (χ3n) is 4.33. The van der Waals surface area contributed by atoms with E-state index in [0.29, 0.717) is 6.04 Å². The first-order valence-electron chi connectivity index (χ1n) is 6.44. The molecule has 3 nitrogen and oxygen atoms in total. The van der Waals surface area contributed by atoms with Gasteiger partial charge in [-0.3, -0.25) is 0 Å². The molecule has 0 aromatic heterocycles. The highest BCUT2D eigenvalue weighted by molar-refractivity contribution is 5.01. The van der Waals surface area contributed by atoms with Gasteiger partial charge in [0.25, 0.3) is 0 Å². The fourth-order valence-corrected chi connectivity index (χ4v) is 2.91. The molecule has 2 fully saturated rings. The number of hydrogen-bond donors (Lipinski definition) is 1. The molecule has 1 N–H and O–H groups in total. The second kappa shape index (κ2) is 4.73. The van der Waals surface area contributed by atoms with Crippen LogP contribution < -0.4 is 5.32 Å². The molecular formula is C13H22N2O. The van der Waals surface area contributed by atoms with E-state index in [-0.39, 0.29) is 17.6 Å². The highest BCUT2D eigenvalue weighted by Crippen LogP contribution is 2.30. The summed E-state index contributed by atoms with van der Waals surface area (Å²) in [6.45, 7) is 5.20. The van der Waals surface area contributed by atoms with Crippen molar-refractivity contribution in [2.24, 2.45) is 5.92 Å². The van der Waals surface area contributed by atoms with Crippen LogP contribution in [0, 0.1) is 17.2 Å². The largest absolute Gasteiger partial charge is 0.377 e. The van der Waals surface area contributed by atoms with Crippen molar-refractivity contribution in [2.45, 2.75) is 63.6 Å². The first kappa shape index (κ1) is 11.9. The molecule has 4 unspecified atom stereocenters. The Morgan fingerprint density at radius 2 is 2.12 bits per heavy atom. The Hall–Kier alpha value is -0.590. The van der Waals surface area contributed by atoms with E-state index >= 15 is 0 Å². The van der Waals surface area contributed by atoms with Crippen molar-refractivity contribution in [3.05, 3.63) is 0 Å². The zero-order valence-electron chi connectivity index (χ0n) is 10.3. The fourth-order valence-electron chi connectivity index (χ4n) is 2.91. The number of nitrogens with one attached hydrogen (secondary N) is 1. The van der Waals surface area contributed by atoms with Gasteiger partial charge in [-0.15, -0.1) is 0 Å². The van der Waals surface area contributed by atoms with Crippen LogP contribution in [0.15, 0.2) is 0 Å². The Bertz CT molecular complexity index is 286. The number of nitrogens with zero attached hydrogens (tertiary/aromatic N) is 1.